The molecule has 84 valence electrons. The van der Waals surface area contributed by atoms with Gasteiger partial charge in [0.2, 0.25) is 0 Å². The van der Waals surface area contributed by atoms with E-state index in [1.54, 1.807) is 19.2 Å². The number of primary amides is 1. The maximum absolute atomic E-state index is 10.3. The molecule has 0 radical (unpaired) electrons. The average Bonchev–Trinajstić information content (AvgIpc) is 2.85. The molecule has 0 bridgehead atoms. The van der Waals surface area contributed by atoms with Crippen LogP contribution in [0, 0.1) is 0 Å². The van der Waals surface area contributed by atoms with Crippen molar-refractivity contribution in [2.24, 2.45) is 5.73 Å². The molecule has 3 nitrogen and oxygen atoms in total. The average molecular weight is 235 g/mol. The van der Waals surface area contributed by atoms with Gasteiger partial charge in [0.15, 0.2) is 0 Å². The molecule has 4 heteroatoms. The zero-order chi connectivity index (χ0) is 11.8. The van der Waals surface area contributed by atoms with Crippen molar-refractivity contribution in [3.8, 4) is 5.75 Å². The lowest BCUT2D eigenvalue weighted by molar-refractivity contribution is 0.100. The van der Waals surface area contributed by atoms with Crippen molar-refractivity contribution >= 4 is 17.2 Å². The number of amides is 1. The second-order valence-corrected chi connectivity index (χ2v) is 3.81. The lowest BCUT2D eigenvalue weighted by Gasteiger charge is -1.93. The Hall–Kier alpha value is -1.81. The number of para-hydroxylation sites is 1. The summed E-state index contributed by atoms with van der Waals surface area (Å²) < 4.78 is 4.91. The third-order valence-corrected chi connectivity index (χ3v) is 2.63. The fourth-order valence-corrected chi connectivity index (χ4v) is 1.55. The monoisotopic (exact) mass is 235 g/mol. The third kappa shape index (κ3) is 4.14. The lowest BCUT2D eigenvalue weighted by Crippen LogP contribution is -2.07. The van der Waals surface area contributed by atoms with Gasteiger partial charge in [-0.15, -0.1) is 11.3 Å². The van der Waals surface area contributed by atoms with Crippen molar-refractivity contribution in [1.29, 1.82) is 0 Å². The van der Waals surface area contributed by atoms with E-state index >= 15 is 0 Å². The number of thiophene rings is 1. The van der Waals surface area contributed by atoms with Gasteiger partial charge in [0.05, 0.1) is 12.0 Å². The molecule has 0 aliphatic heterocycles. The highest BCUT2D eigenvalue weighted by Crippen LogP contribution is 2.06. The van der Waals surface area contributed by atoms with E-state index in [0.717, 1.165) is 5.75 Å². The zero-order valence-electron chi connectivity index (χ0n) is 8.92. The molecule has 2 N–H and O–H groups in total. The maximum Gasteiger partial charge on any atom is 0.258 e. The lowest BCUT2D eigenvalue weighted by atomic mass is 10.3. The zero-order valence-corrected chi connectivity index (χ0v) is 9.74. The minimum absolute atomic E-state index is 0.347. The van der Waals surface area contributed by atoms with Gasteiger partial charge in [-0.2, -0.15) is 0 Å². The van der Waals surface area contributed by atoms with Crippen molar-refractivity contribution < 1.29 is 9.53 Å². The van der Waals surface area contributed by atoms with Crippen LogP contribution in [0.5, 0.6) is 5.75 Å². The summed E-state index contributed by atoms with van der Waals surface area (Å²) >= 11 is 1.36. The Morgan fingerprint density at radius 3 is 2.19 bits per heavy atom. The fraction of sp³-hybridized carbons (Fsp3) is 0.0833. The van der Waals surface area contributed by atoms with Crippen LogP contribution in [0.3, 0.4) is 0 Å². The second-order valence-electron chi connectivity index (χ2n) is 2.86. The van der Waals surface area contributed by atoms with Gasteiger partial charge in [0.1, 0.15) is 5.75 Å². The summed E-state index contributed by atoms with van der Waals surface area (Å²) in [5.74, 6) is 0.563. The van der Waals surface area contributed by atoms with Crippen molar-refractivity contribution in [1.82, 2.24) is 0 Å². The molecule has 1 heterocycles. The van der Waals surface area contributed by atoms with E-state index in [0.29, 0.717) is 4.88 Å². The van der Waals surface area contributed by atoms with Crippen molar-refractivity contribution in [2.45, 2.75) is 0 Å². The molecule has 0 aliphatic rings. The van der Waals surface area contributed by atoms with Crippen LogP contribution in [-0.2, 0) is 0 Å². The molecule has 0 fully saturated rings. The number of nitrogens with two attached hydrogens (primary N) is 1. The molecule has 0 saturated heterocycles. The van der Waals surface area contributed by atoms with Gasteiger partial charge < -0.3 is 10.5 Å². The smallest absolute Gasteiger partial charge is 0.258 e. The number of rotatable bonds is 2. The first-order chi connectivity index (χ1) is 7.74. The van der Waals surface area contributed by atoms with Crippen LogP contribution in [0.25, 0.3) is 0 Å². The quantitative estimate of drug-likeness (QED) is 0.869. The molecule has 16 heavy (non-hydrogen) atoms. The number of carbonyl (C=O) groups excluding carboxylic acids is 1. The van der Waals surface area contributed by atoms with Gasteiger partial charge >= 0.3 is 0 Å². The molecular formula is C12H13NO2S. The molecular weight excluding hydrogens is 222 g/mol. The molecule has 0 spiro atoms. The standard InChI is InChI=1S/C7H8O.C5H5NOS/c1-8-7-5-3-2-4-6-7;6-5(7)4-2-1-3-8-4/h2-6H,1H3;1-3H,(H2,6,7). The van der Waals surface area contributed by atoms with Crippen LogP contribution in [0.1, 0.15) is 9.67 Å². The minimum Gasteiger partial charge on any atom is -0.497 e. The van der Waals surface area contributed by atoms with Crippen LogP contribution in [0.2, 0.25) is 0 Å². The summed E-state index contributed by atoms with van der Waals surface area (Å²) in [5.41, 5.74) is 4.93. The number of methoxy groups -OCH3 is 1. The van der Waals surface area contributed by atoms with Crippen LogP contribution in [0.4, 0.5) is 0 Å². The van der Waals surface area contributed by atoms with E-state index < -0.39 is 0 Å². The number of hydrogen-bond donors (Lipinski definition) is 1. The van der Waals surface area contributed by atoms with E-state index in [1.807, 2.05) is 35.7 Å². The molecule has 2 rings (SSSR count). The van der Waals surface area contributed by atoms with Crippen molar-refractivity contribution in [2.75, 3.05) is 7.11 Å². The Morgan fingerprint density at radius 1 is 1.19 bits per heavy atom. The van der Waals surface area contributed by atoms with E-state index in [4.69, 9.17) is 10.5 Å². The third-order valence-electron chi connectivity index (χ3n) is 1.74. The van der Waals surface area contributed by atoms with E-state index in [9.17, 15) is 4.79 Å². The summed E-state index contributed by atoms with van der Waals surface area (Å²) in [6.07, 6.45) is 0. The van der Waals surface area contributed by atoms with Gasteiger partial charge in [-0.25, -0.2) is 0 Å². The first-order valence-corrected chi connectivity index (χ1v) is 5.54. The second kappa shape index (κ2) is 6.63. The molecule has 0 saturated carbocycles. The van der Waals surface area contributed by atoms with Crippen LogP contribution in [0.15, 0.2) is 47.8 Å². The van der Waals surface area contributed by atoms with E-state index in [1.165, 1.54) is 11.3 Å². The number of benzene rings is 1. The number of hydrogen-bond acceptors (Lipinski definition) is 3. The molecule has 2 aromatic rings. The molecule has 0 atom stereocenters. The SMILES string of the molecule is COc1ccccc1.NC(=O)c1cccs1. The first-order valence-electron chi connectivity index (χ1n) is 4.66. The summed E-state index contributed by atoms with van der Waals surface area (Å²) in [6, 6.07) is 13.2. The predicted octanol–water partition coefficient (Wildman–Crippen LogP) is 2.54. The fourth-order valence-electron chi connectivity index (χ4n) is 0.975. The van der Waals surface area contributed by atoms with Crippen molar-refractivity contribution in [3.63, 3.8) is 0 Å². The number of carbonyl (C=O) groups is 1. The highest BCUT2D eigenvalue weighted by Gasteiger charge is 1.96. The maximum atomic E-state index is 10.3. The largest absolute Gasteiger partial charge is 0.497 e. The first kappa shape index (κ1) is 12.3. The Labute approximate surface area is 98.5 Å². The Balaban J connectivity index is 0.000000160. The highest BCUT2D eigenvalue weighted by molar-refractivity contribution is 7.12. The normalized spacial score (nSPS) is 8.81. The Bertz CT molecular complexity index is 412. The highest BCUT2D eigenvalue weighted by atomic mass is 32.1. The Kier molecular flexibility index (Phi) is 5.08. The van der Waals surface area contributed by atoms with Crippen LogP contribution >= 0.6 is 11.3 Å². The topological polar surface area (TPSA) is 52.3 Å². The van der Waals surface area contributed by atoms with Crippen LogP contribution in [-0.4, -0.2) is 13.0 Å². The van der Waals surface area contributed by atoms with E-state index in [-0.39, 0.29) is 5.91 Å². The van der Waals surface area contributed by atoms with Gasteiger partial charge in [-0.3, -0.25) is 4.79 Å². The van der Waals surface area contributed by atoms with Gasteiger partial charge in [0, 0.05) is 0 Å². The van der Waals surface area contributed by atoms with E-state index in [2.05, 4.69) is 0 Å². The molecule has 1 aromatic carbocycles. The number of ether oxygens (including phenoxy) is 1. The summed E-state index contributed by atoms with van der Waals surface area (Å²) in [6.45, 7) is 0. The van der Waals surface area contributed by atoms with Crippen molar-refractivity contribution in [3.05, 3.63) is 52.7 Å². The van der Waals surface area contributed by atoms with Crippen LogP contribution < -0.4 is 10.5 Å². The van der Waals surface area contributed by atoms with Gasteiger partial charge in [0.25, 0.3) is 5.91 Å². The molecule has 0 unspecified atom stereocenters. The minimum atomic E-state index is -0.347. The summed E-state index contributed by atoms with van der Waals surface area (Å²) in [7, 11) is 1.66. The Morgan fingerprint density at radius 2 is 1.88 bits per heavy atom. The molecule has 1 aromatic heterocycles. The molecule has 0 aliphatic carbocycles. The summed E-state index contributed by atoms with van der Waals surface area (Å²) in [5, 5.41) is 1.82. The van der Waals surface area contributed by atoms with Gasteiger partial charge in [-0.05, 0) is 23.6 Å². The predicted molar refractivity (Wildman–Crippen MR) is 65.8 cm³/mol. The summed E-state index contributed by atoms with van der Waals surface area (Å²) in [4.78, 5) is 10.9. The molecule has 1 amide bonds. The van der Waals surface area contributed by atoms with Gasteiger partial charge in [-0.1, -0.05) is 24.3 Å².